The Morgan fingerprint density at radius 2 is 2.10 bits per heavy atom. The fourth-order valence-corrected chi connectivity index (χ4v) is 1.92. The van der Waals surface area contributed by atoms with Crippen molar-refractivity contribution in [3.8, 4) is 6.07 Å². The summed E-state index contributed by atoms with van der Waals surface area (Å²) in [7, 11) is 0. The molecule has 0 aliphatic rings. The van der Waals surface area contributed by atoms with Crippen molar-refractivity contribution in [2.45, 2.75) is 13.8 Å². The number of nitro groups is 1. The van der Waals surface area contributed by atoms with Crippen LogP contribution in [0.15, 0.2) is 36.5 Å². The van der Waals surface area contributed by atoms with E-state index in [0.29, 0.717) is 16.7 Å². The third kappa shape index (κ3) is 3.31. The van der Waals surface area contributed by atoms with Crippen LogP contribution in [-0.2, 0) is 0 Å². The molecular weight excluding hydrogens is 266 g/mol. The van der Waals surface area contributed by atoms with Gasteiger partial charge in [0, 0.05) is 23.5 Å². The highest BCUT2D eigenvalue weighted by Crippen LogP contribution is 2.25. The number of nitrogens with zero attached hydrogens (tertiary/aromatic N) is 3. The number of nitro benzene ring substituents is 1. The minimum absolute atomic E-state index is 0.0200. The molecule has 0 aliphatic carbocycles. The normalized spacial score (nSPS) is 11.0. The maximum absolute atomic E-state index is 11.1. The van der Waals surface area contributed by atoms with E-state index in [1.807, 2.05) is 13.8 Å². The highest BCUT2D eigenvalue weighted by Gasteiger charge is 2.13. The van der Waals surface area contributed by atoms with Gasteiger partial charge in [-0.05, 0) is 32.1 Å². The number of hydrogen-bond donors (Lipinski definition) is 0. The minimum atomic E-state index is -0.451. The molecule has 0 N–H and O–H groups in total. The lowest BCUT2D eigenvalue weighted by atomic mass is 10.0. The van der Waals surface area contributed by atoms with Gasteiger partial charge in [0.1, 0.15) is 0 Å². The van der Waals surface area contributed by atoms with E-state index in [2.05, 4.69) is 11.1 Å². The van der Waals surface area contributed by atoms with E-state index in [1.54, 1.807) is 30.5 Å². The molecule has 0 saturated carbocycles. The highest BCUT2D eigenvalue weighted by atomic mass is 16.6. The highest BCUT2D eigenvalue weighted by molar-refractivity contribution is 5.91. The molecule has 2 rings (SSSR count). The second-order valence-corrected chi connectivity index (χ2v) is 4.68. The monoisotopic (exact) mass is 279 g/mol. The molecule has 2 aromatic rings. The fraction of sp³-hybridized carbons (Fsp3) is 0.125. The number of nitriles is 1. The first-order valence-corrected chi connectivity index (χ1v) is 6.31. The molecule has 0 radical (unpaired) electrons. The zero-order valence-corrected chi connectivity index (χ0v) is 11.7. The van der Waals surface area contributed by atoms with Crippen molar-refractivity contribution in [1.82, 2.24) is 4.98 Å². The van der Waals surface area contributed by atoms with Crippen molar-refractivity contribution in [1.29, 1.82) is 5.26 Å². The number of hydrogen-bond acceptors (Lipinski definition) is 4. The van der Waals surface area contributed by atoms with Crippen molar-refractivity contribution in [3.63, 3.8) is 0 Å². The molecule has 21 heavy (non-hydrogen) atoms. The molecule has 1 aromatic heterocycles. The molecule has 0 fully saturated rings. The quantitative estimate of drug-likeness (QED) is 0.487. The lowest BCUT2D eigenvalue weighted by Crippen LogP contribution is -1.93. The van der Waals surface area contributed by atoms with Crippen LogP contribution >= 0.6 is 0 Å². The summed E-state index contributed by atoms with van der Waals surface area (Å²) in [6, 6.07) is 10.5. The average molecular weight is 279 g/mol. The lowest BCUT2D eigenvalue weighted by molar-refractivity contribution is -0.385. The van der Waals surface area contributed by atoms with Crippen LogP contribution in [0.2, 0.25) is 0 Å². The summed E-state index contributed by atoms with van der Waals surface area (Å²) in [4.78, 5) is 14.8. The lowest BCUT2D eigenvalue weighted by Gasteiger charge is -2.02. The standard InChI is InChI=1S/C16H13N3O2/c1-11-3-6-16(19(20)21)14(7-11)8-15(9-17)13-5-4-12(2)18-10-13/h3-8,10H,1-2H3. The summed E-state index contributed by atoms with van der Waals surface area (Å²) in [5, 5.41) is 20.4. The summed E-state index contributed by atoms with van der Waals surface area (Å²) >= 11 is 0. The minimum Gasteiger partial charge on any atom is -0.261 e. The molecule has 1 aromatic carbocycles. The maximum atomic E-state index is 11.1. The first kappa shape index (κ1) is 14.4. The third-order valence-electron chi connectivity index (χ3n) is 3.02. The molecule has 5 nitrogen and oxygen atoms in total. The molecule has 0 spiro atoms. The summed E-state index contributed by atoms with van der Waals surface area (Å²) < 4.78 is 0. The molecule has 0 saturated heterocycles. The Kier molecular flexibility index (Phi) is 4.10. The van der Waals surface area contributed by atoms with E-state index in [9.17, 15) is 15.4 Å². The van der Waals surface area contributed by atoms with Crippen molar-refractivity contribution in [2.24, 2.45) is 0 Å². The van der Waals surface area contributed by atoms with Gasteiger partial charge in [-0.3, -0.25) is 15.1 Å². The Bertz CT molecular complexity index is 756. The molecule has 0 aliphatic heterocycles. The largest absolute Gasteiger partial charge is 0.276 e. The van der Waals surface area contributed by atoms with E-state index in [0.717, 1.165) is 11.3 Å². The number of rotatable bonds is 3. The van der Waals surface area contributed by atoms with Gasteiger partial charge in [0.2, 0.25) is 0 Å². The zero-order chi connectivity index (χ0) is 15.4. The Morgan fingerprint density at radius 1 is 1.33 bits per heavy atom. The van der Waals surface area contributed by atoms with Crippen LogP contribution in [-0.4, -0.2) is 9.91 Å². The first-order chi connectivity index (χ1) is 10.0. The van der Waals surface area contributed by atoms with Crippen LogP contribution in [0.1, 0.15) is 22.4 Å². The molecule has 0 unspecified atom stereocenters. The van der Waals surface area contributed by atoms with Crippen LogP contribution < -0.4 is 0 Å². The molecule has 0 amide bonds. The summed E-state index contributed by atoms with van der Waals surface area (Å²) in [5.41, 5.74) is 3.12. The molecule has 0 atom stereocenters. The van der Waals surface area contributed by atoms with Gasteiger partial charge in [-0.25, -0.2) is 0 Å². The van der Waals surface area contributed by atoms with Crippen molar-refractivity contribution in [3.05, 3.63) is 69.0 Å². The number of aromatic nitrogens is 1. The number of aryl methyl sites for hydroxylation is 2. The van der Waals surface area contributed by atoms with Crippen molar-refractivity contribution >= 4 is 17.3 Å². The Balaban J connectivity index is 2.55. The van der Waals surface area contributed by atoms with Crippen LogP contribution in [0.5, 0.6) is 0 Å². The van der Waals surface area contributed by atoms with Crippen LogP contribution in [0.25, 0.3) is 11.6 Å². The third-order valence-corrected chi connectivity index (χ3v) is 3.02. The van der Waals surface area contributed by atoms with Crippen molar-refractivity contribution in [2.75, 3.05) is 0 Å². The predicted molar refractivity (Wildman–Crippen MR) is 80.3 cm³/mol. The SMILES string of the molecule is Cc1ccc([N+](=O)[O-])c(C=C(C#N)c2ccc(C)nc2)c1. The van der Waals surface area contributed by atoms with E-state index >= 15 is 0 Å². The molecule has 0 bridgehead atoms. The second-order valence-electron chi connectivity index (χ2n) is 4.68. The number of allylic oxidation sites excluding steroid dienone is 1. The van der Waals surface area contributed by atoms with E-state index < -0.39 is 4.92 Å². The van der Waals surface area contributed by atoms with Gasteiger partial charge in [-0.15, -0.1) is 0 Å². The Hall–Kier alpha value is -3.00. The first-order valence-electron chi connectivity index (χ1n) is 6.31. The van der Waals surface area contributed by atoms with Gasteiger partial charge in [0.15, 0.2) is 0 Å². The number of benzene rings is 1. The Morgan fingerprint density at radius 3 is 2.67 bits per heavy atom. The maximum Gasteiger partial charge on any atom is 0.276 e. The summed E-state index contributed by atoms with van der Waals surface area (Å²) in [6.45, 7) is 3.70. The van der Waals surface area contributed by atoms with Gasteiger partial charge in [0.05, 0.1) is 22.1 Å². The van der Waals surface area contributed by atoms with Crippen molar-refractivity contribution < 1.29 is 4.92 Å². The molecule has 104 valence electrons. The van der Waals surface area contributed by atoms with E-state index in [-0.39, 0.29) is 5.69 Å². The van der Waals surface area contributed by atoms with Crippen LogP contribution in [0.3, 0.4) is 0 Å². The predicted octanol–water partition coefficient (Wildman–Crippen LogP) is 3.67. The summed E-state index contributed by atoms with van der Waals surface area (Å²) in [6.07, 6.45) is 3.11. The number of pyridine rings is 1. The molecular formula is C16H13N3O2. The smallest absolute Gasteiger partial charge is 0.261 e. The topological polar surface area (TPSA) is 79.8 Å². The second kappa shape index (κ2) is 5.97. The van der Waals surface area contributed by atoms with Gasteiger partial charge in [-0.1, -0.05) is 17.7 Å². The fourth-order valence-electron chi connectivity index (χ4n) is 1.92. The summed E-state index contributed by atoms with van der Waals surface area (Å²) in [5.74, 6) is 0. The van der Waals surface area contributed by atoms with Crippen LogP contribution in [0.4, 0.5) is 5.69 Å². The van der Waals surface area contributed by atoms with Crippen LogP contribution in [0, 0.1) is 35.3 Å². The zero-order valence-electron chi connectivity index (χ0n) is 11.7. The molecule has 1 heterocycles. The van der Waals surface area contributed by atoms with E-state index in [1.165, 1.54) is 12.1 Å². The Labute approximate surface area is 122 Å². The molecule has 5 heteroatoms. The van der Waals surface area contributed by atoms with E-state index in [4.69, 9.17) is 0 Å². The van der Waals surface area contributed by atoms with Gasteiger partial charge >= 0.3 is 0 Å². The van der Waals surface area contributed by atoms with Gasteiger partial charge in [0.25, 0.3) is 5.69 Å². The average Bonchev–Trinajstić information content (AvgIpc) is 2.45. The van der Waals surface area contributed by atoms with Gasteiger partial charge in [-0.2, -0.15) is 5.26 Å². The van der Waals surface area contributed by atoms with Gasteiger partial charge < -0.3 is 0 Å².